The number of hydrogen-bond donors (Lipinski definition) is 0. The van der Waals surface area contributed by atoms with Gasteiger partial charge in [-0.1, -0.05) is 81.5 Å². The predicted molar refractivity (Wildman–Crippen MR) is 154 cm³/mol. The van der Waals surface area contributed by atoms with Gasteiger partial charge in [0.25, 0.3) is 6.26 Å². The van der Waals surface area contributed by atoms with Gasteiger partial charge in [-0.15, -0.1) is 0 Å². The first-order chi connectivity index (χ1) is 19.1. The molecule has 10 heteroatoms. The van der Waals surface area contributed by atoms with E-state index in [2.05, 4.69) is 37.6 Å². The van der Waals surface area contributed by atoms with E-state index in [1.54, 1.807) is 36.6 Å². The Balaban J connectivity index is 3.56. The Kier molecular flexibility index (Phi) is 13.7. The first-order valence-corrected chi connectivity index (χ1v) is 11.8. The fraction of sp³-hybridized carbons (Fsp3) is 0.200. The molecule has 0 atom stereocenters. The fourth-order valence-electron chi connectivity index (χ4n) is 3.29. The maximum Gasteiger partial charge on any atom is 0.336 e. The standard InChI is InChI=1S/C30H30N6O4/c1-6-26(12-14-31)17-24(4)19-35-28(37)34(16-10-8-9-11-23(3)21-40-22-33)29(38)36(30(35)39)20-25(5)18-27(7-2)13-15-32/h6-11,17-18H,1-5,12-13,16,19-21H2/b10-8+,11-9-,26-17+,27-18+. The Labute approximate surface area is 232 Å². The van der Waals surface area contributed by atoms with Gasteiger partial charge < -0.3 is 4.74 Å². The van der Waals surface area contributed by atoms with Gasteiger partial charge in [0.2, 0.25) is 0 Å². The van der Waals surface area contributed by atoms with Gasteiger partial charge in [0.15, 0.2) is 0 Å². The summed E-state index contributed by atoms with van der Waals surface area (Å²) in [7, 11) is 0. The molecule has 0 spiro atoms. The van der Waals surface area contributed by atoms with Gasteiger partial charge in [-0.05, 0) is 27.9 Å². The van der Waals surface area contributed by atoms with E-state index in [4.69, 9.17) is 15.8 Å². The Morgan fingerprint density at radius 3 is 1.65 bits per heavy atom. The zero-order valence-corrected chi connectivity index (χ0v) is 22.2. The maximum atomic E-state index is 13.3. The summed E-state index contributed by atoms with van der Waals surface area (Å²) in [5.41, 5.74) is -0.230. The molecule has 0 radical (unpaired) electrons. The molecule has 1 rings (SSSR count). The first-order valence-electron chi connectivity index (χ1n) is 11.8. The van der Waals surface area contributed by atoms with Crippen LogP contribution in [0.1, 0.15) is 12.8 Å². The Morgan fingerprint density at radius 2 is 1.23 bits per heavy atom. The van der Waals surface area contributed by atoms with Gasteiger partial charge in [-0.3, -0.25) is 0 Å². The summed E-state index contributed by atoms with van der Waals surface area (Å²) in [6.45, 7) is 18.2. The number of ether oxygens (including phenoxy) is 1. The molecule has 1 heterocycles. The van der Waals surface area contributed by atoms with Crippen molar-refractivity contribution in [1.29, 1.82) is 15.8 Å². The highest BCUT2D eigenvalue weighted by Gasteiger charge is 2.16. The Hall–Kier alpha value is -5.66. The highest BCUT2D eigenvalue weighted by molar-refractivity contribution is 5.30. The largest absolute Gasteiger partial charge is 0.423 e. The molecule has 40 heavy (non-hydrogen) atoms. The molecule has 204 valence electrons. The topological polar surface area (TPSA) is 147 Å². The molecule has 1 aromatic rings. The highest BCUT2D eigenvalue weighted by atomic mass is 16.5. The minimum Gasteiger partial charge on any atom is -0.423 e. The lowest BCUT2D eigenvalue weighted by Gasteiger charge is -2.14. The number of allylic oxidation sites excluding steroid dienone is 11. The molecular weight excluding hydrogens is 508 g/mol. The average Bonchev–Trinajstić information content (AvgIpc) is 2.93. The summed E-state index contributed by atoms with van der Waals surface area (Å²) in [6, 6.07) is 3.99. The third-order valence-electron chi connectivity index (χ3n) is 5.17. The van der Waals surface area contributed by atoms with E-state index in [9.17, 15) is 14.4 Å². The molecule has 0 amide bonds. The molecule has 0 aliphatic carbocycles. The molecule has 0 aliphatic rings. The fourth-order valence-corrected chi connectivity index (χ4v) is 3.29. The maximum absolute atomic E-state index is 13.3. The van der Waals surface area contributed by atoms with Crippen LogP contribution in [-0.2, 0) is 24.4 Å². The molecule has 1 aromatic heterocycles. The number of aromatic nitrogens is 3. The predicted octanol–water partition coefficient (Wildman–Crippen LogP) is 3.50. The molecule has 0 aliphatic heterocycles. The number of nitrogens with zero attached hydrogens (tertiary/aromatic N) is 6. The van der Waals surface area contributed by atoms with Crippen LogP contribution < -0.4 is 17.1 Å². The molecule has 0 aromatic carbocycles. The monoisotopic (exact) mass is 538 g/mol. The van der Waals surface area contributed by atoms with Crippen molar-refractivity contribution in [3.05, 3.63) is 141 Å². The minimum absolute atomic E-state index is 0.0243. The average molecular weight is 539 g/mol. The van der Waals surface area contributed by atoms with E-state index in [1.165, 1.54) is 18.2 Å². The number of rotatable bonds is 16. The Morgan fingerprint density at radius 1 is 0.750 bits per heavy atom. The second-order valence-corrected chi connectivity index (χ2v) is 8.29. The van der Waals surface area contributed by atoms with E-state index in [0.717, 1.165) is 13.7 Å². The molecule has 0 fully saturated rings. The van der Waals surface area contributed by atoms with Crippen LogP contribution >= 0.6 is 0 Å². The van der Waals surface area contributed by atoms with Crippen LogP contribution in [0.15, 0.2) is 124 Å². The number of hydrogen-bond acceptors (Lipinski definition) is 7. The molecule has 0 N–H and O–H groups in total. The summed E-state index contributed by atoms with van der Waals surface area (Å²) in [6.07, 6.45) is 14.0. The van der Waals surface area contributed by atoms with Gasteiger partial charge in [0.1, 0.15) is 6.61 Å². The van der Waals surface area contributed by atoms with Crippen LogP contribution in [0.4, 0.5) is 0 Å². The van der Waals surface area contributed by atoms with Crippen LogP contribution in [0.3, 0.4) is 0 Å². The van der Waals surface area contributed by atoms with Crippen molar-refractivity contribution < 1.29 is 4.74 Å². The molecule has 0 unspecified atom stereocenters. The lowest BCUT2D eigenvalue weighted by Crippen LogP contribution is -2.54. The van der Waals surface area contributed by atoms with Crippen molar-refractivity contribution >= 4 is 0 Å². The third-order valence-corrected chi connectivity index (χ3v) is 5.17. The van der Waals surface area contributed by atoms with Crippen molar-refractivity contribution in [2.75, 3.05) is 6.61 Å². The smallest absolute Gasteiger partial charge is 0.336 e. The van der Waals surface area contributed by atoms with Crippen molar-refractivity contribution in [2.45, 2.75) is 32.5 Å². The zero-order valence-electron chi connectivity index (χ0n) is 22.2. The molecule has 0 saturated carbocycles. The summed E-state index contributed by atoms with van der Waals surface area (Å²) < 4.78 is 7.22. The van der Waals surface area contributed by atoms with E-state index >= 15 is 0 Å². The van der Waals surface area contributed by atoms with E-state index in [0.29, 0.717) is 27.9 Å². The second kappa shape index (κ2) is 17.0. The van der Waals surface area contributed by atoms with Crippen LogP contribution in [0.2, 0.25) is 0 Å². The van der Waals surface area contributed by atoms with Crippen LogP contribution in [0, 0.1) is 34.2 Å². The summed E-state index contributed by atoms with van der Waals surface area (Å²) >= 11 is 0. The van der Waals surface area contributed by atoms with Crippen molar-refractivity contribution in [1.82, 2.24) is 13.7 Å². The third kappa shape index (κ3) is 10.0. The van der Waals surface area contributed by atoms with Crippen LogP contribution in [0.5, 0.6) is 0 Å². The lowest BCUT2D eigenvalue weighted by atomic mass is 10.1. The summed E-state index contributed by atoms with van der Waals surface area (Å²) in [4.78, 5) is 39.8. The number of nitriles is 3. The van der Waals surface area contributed by atoms with Gasteiger partial charge in [0.05, 0.1) is 44.6 Å². The molecule has 0 saturated heterocycles. The summed E-state index contributed by atoms with van der Waals surface area (Å²) in [5.74, 6) is 0. The normalized spacial score (nSPS) is 11.4. The van der Waals surface area contributed by atoms with Gasteiger partial charge in [0, 0.05) is 0 Å². The van der Waals surface area contributed by atoms with Crippen molar-refractivity contribution in [2.24, 2.45) is 0 Å². The zero-order chi connectivity index (χ0) is 30.1. The van der Waals surface area contributed by atoms with Crippen molar-refractivity contribution in [3.63, 3.8) is 0 Å². The molecule has 10 nitrogen and oxygen atoms in total. The van der Waals surface area contributed by atoms with E-state index in [1.807, 2.05) is 12.1 Å². The molecular formula is C30H30N6O4. The second-order valence-electron chi connectivity index (χ2n) is 8.29. The minimum atomic E-state index is -0.867. The van der Waals surface area contributed by atoms with Crippen molar-refractivity contribution in [3.8, 4) is 18.4 Å². The lowest BCUT2D eigenvalue weighted by molar-refractivity contribution is 0.306. The van der Waals surface area contributed by atoms with Gasteiger partial charge in [-0.25, -0.2) is 28.1 Å². The SMILES string of the molecule is C=C/C(=C\C(=C)Cn1c(=O)n(C/C=C/C=C\C(=C)COC#N)c(=O)n(CC(=C)/C=C(\C=C)CC#N)c1=O)CC#N. The quantitative estimate of drug-likeness (QED) is 0.231. The Bertz CT molecular complexity index is 1510. The molecule has 0 bridgehead atoms. The van der Waals surface area contributed by atoms with E-state index < -0.39 is 17.1 Å². The first kappa shape index (κ1) is 32.4. The van der Waals surface area contributed by atoms with Crippen LogP contribution in [0.25, 0.3) is 0 Å². The van der Waals surface area contributed by atoms with Gasteiger partial charge in [-0.2, -0.15) is 15.8 Å². The van der Waals surface area contributed by atoms with E-state index in [-0.39, 0.29) is 39.1 Å². The van der Waals surface area contributed by atoms with Crippen LogP contribution in [-0.4, -0.2) is 20.3 Å². The van der Waals surface area contributed by atoms with Gasteiger partial charge >= 0.3 is 17.1 Å². The highest BCUT2D eigenvalue weighted by Crippen LogP contribution is 2.08. The summed E-state index contributed by atoms with van der Waals surface area (Å²) in [5, 5.41) is 26.4.